The number of amides is 1. The van der Waals surface area contributed by atoms with Crippen LogP contribution in [-0.4, -0.2) is 19.6 Å². The Labute approximate surface area is 114 Å². The fourth-order valence-electron chi connectivity index (χ4n) is 1.61. The molecule has 0 saturated heterocycles. The second-order valence-corrected chi connectivity index (χ2v) is 6.13. The van der Waals surface area contributed by atoms with Crippen LogP contribution >= 0.6 is 22.7 Å². The van der Waals surface area contributed by atoms with Crippen molar-refractivity contribution >= 4 is 28.6 Å². The van der Waals surface area contributed by atoms with Gasteiger partial charge in [-0.3, -0.25) is 4.79 Å². The van der Waals surface area contributed by atoms with Gasteiger partial charge in [-0.1, -0.05) is 6.07 Å². The molecule has 18 heavy (non-hydrogen) atoms. The fraction of sp³-hybridized carbons (Fsp3) is 0.308. The first-order valence-electron chi connectivity index (χ1n) is 5.61. The van der Waals surface area contributed by atoms with E-state index in [4.69, 9.17) is 4.74 Å². The molecule has 1 atom stereocenters. The van der Waals surface area contributed by atoms with Gasteiger partial charge in [-0.25, -0.2) is 0 Å². The highest BCUT2D eigenvalue weighted by molar-refractivity contribution is 7.12. The van der Waals surface area contributed by atoms with E-state index in [9.17, 15) is 4.79 Å². The van der Waals surface area contributed by atoms with Crippen molar-refractivity contribution in [2.45, 2.75) is 13.0 Å². The van der Waals surface area contributed by atoms with Crippen molar-refractivity contribution < 1.29 is 9.53 Å². The maximum absolute atomic E-state index is 11.8. The van der Waals surface area contributed by atoms with Crippen LogP contribution < -0.4 is 5.32 Å². The summed E-state index contributed by atoms with van der Waals surface area (Å²) in [5.41, 5.74) is 0. The van der Waals surface area contributed by atoms with E-state index in [1.165, 1.54) is 16.2 Å². The van der Waals surface area contributed by atoms with Gasteiger partial charge in [0.1, 0.15) is 6.10 Å². The van der Waals surface area contributed by atoms with Crippen LogP contribution in [0.15, 0.2) is 29.6 Å². The van der Waals surface area contributed by atoms with Crippen molar-refractivity contribution in [3.8, 4) is 0 Å². The Morgan fingerprint density at radius 2 is 2.28 bits per heavy atom. The quantitative estimate of drug-likeness (QED) is 0.913. The van der Waals surface area contributed by atoms with E-state index in [1.807, 2.05) is 23.6 Å². The first kappa shape index (κ1) is 13.3. The van der Waals surface area contributed by atoms with Crippen LogP contribution in [0.1, 0.15) is 25.5 Å². The Balaban J connectivity index is 1.94. The van der Waals surface area contributed by atoms with E-state index in [0.29, 0.717) is 6.54 Å². The number of nitrogens with one attached hydrogen (secondary N) is 1. The Bertz CT molecular complexity index is 505. The molecular formula is C13H15NO2S2. The normalized spacial score (nSPS) is 12.3. The van der Waals surface area contributed by atoms with Gasteiger partial charge in [0, 0.05) is 23.4 Å². The molecule has 2 heterocycles. The lowest BCUT2D eigenvalue weighted by Crippen LogP contribution is -2.28. The Kier molecular flexibility index (Phi) is 4.52. The summed E-state index contributed by atoms with van der Waals surface area (Å²) in [6.45, 7) is 2.55. The third-order valence-electron chi connectivity index (χ3n) is 2.56. The monoisotopic (exact) mass is 281 g/mol. The van der Waals surface area contributed by atoms with Gasteiger partial charge in [0.15, 0.2) is 0 Å². The lowest BCUT2D eigenvalue weighted by atomic mass is 10.3. The van der Waals surface area contributed by atoms with Gasteiger partial charge in [0.25, 0.3) is 5.91 Å². The molecule has 2 aromatic rings. The maximum Gasteiger partial charge on any atom is 0.261 e. The zero-order valence-electron chi connectivity index (χ0n) is 10.3. The van der Waals surface area contributed by atoms with Crippen LogP contribution in [0.25, 0.3) is 0 Å². The Morgan fingerprint density at radius 3 is 2.83 bits per heavy atom. The lowest BCUT2D eigenvalue weighted by molar-refractivity contribution is 0.0841. The molecule has 0 aliphatic carbocycles. The van der Waals surface area contributed by atoms with Crippen LogP contribution in [-0.2, 0) is 4.74 Å². The molecule has 0 spiro atoms. The number of rotatable bonds is 5. The third-order valence-corrected chi connectivity index (χ3v) is 4.52. The van der Waals surface area contributed by atoms with Crippen molar-refractivity contribution in [1.29, 1.82) is 0 Å². The Hall–Kier alpha value is -1.17. The summed E-state index contributed by atoms with van der Waals surface area (Å²) in [5, 5.41) is 4.79. The maximum atomic E-state index is 11.8. The first-order valence-corrected chi connectivity index (χ1v) is 7.31. The number of methoxy groups -OCH3 is 1. The summed E-state index contributed by atoms with van der Waals surface area (Å²) in [6.07, 6.45) is -0.0763. The molecule has 96 valence electrons. The van der Waals surface area contributed by atoms with E-state index < -0.39 is 0 Å². The van der Waals surface area contributed by atoms with Crippen LogP contribution in [0.5, 0.6) is 0 Å². The number of aryl methyl sites for hydroxylation is 1. The van der Waals surface area contributed by atoms with Crippen molar-refractivity contribution in [2.75, 3.05) is 13.7 Å². The predicted octanol–water partition coefficient (Wildman–Crippen LogP) is 3.24. The molecule has 3 nitrogen and oxygen atoms in total. The van der Waals surface area contributed by atoms with Crippen LogP contribution in [0.3, 0.4) is 0 Å². The zero-order valence-corrected chi connectivity index (χ0v) is 11.9. The minimum atomic E-state index is -0.0763. The van der Waals surface area contributed by atoms with Crippen LogP contribution in [0.2, 0.25) is 0 Å². The molecule has 2 aromatic heterocycles. The zero-order chi connectivity index (χ0) is 13.0. The highest BCUT2D eigenvalue weighted by atomic mass is 32.1. The van der Waals surface area contributed by atoms with Gasteiger partial charge in [-0.2, -0.15) is 0 Å². The average Bonchev–Trinajstić information content (AvgIpc) is 3.01. The van der Waals surface area contributed by atoms with E-state index in [1.54, 1.807) is 18.4 Å². The number of hydrogen-bond donors (Lipinski definition) is 1. The summed E-state index contributed by atoms with van der Waals surface area (Å²) < 4.78 is 5.42. The van der Waals surface area contributed by atoms with Crippen molar-refractivity contribution in [3.05, 3.63) is 44.3 Å². The van der Waals surface area contributed by atoms with E-state index >= 15 is 0 Å². The SMILES string of the molecule is CO[C@@H](CNC(=O)c1cccs1)c1ccc(C)s1. The van der Waals surface area contributed by atoms with E-state index in [2.05, 4.69) is 18.3 Å². The minimum Gasteiger partial charge on any atom is -0.374 e. The van der Waals surface area contributed by atoms with Gasteiger partial charge >= 0.3 is 0 Å². The molecule has 0 radical (unpaired) electrons. The summed E-state index contributed by atoms with van der Waals surface area (Å²) in [6, 6.07) is 7.80. The molecule has 0 aromatic carbocycles. The molecule has 0 unspecified atom stereocenters. The lowest BCUT2D eigenvalue weighted by Gasteiger charge is -2.14. The molecular weight excluding hydrogens is 266 g/mol. The van der Waals surface area contributed by atoms with Crippen molar-refractivity contribution in [1.82, 2.24) is 5.32 Å². The standard InChI is InChI=1S/C13H15NO2S2/c1-9-5-6-11(18-9)10(16-2)8-14-13(15)12-4-3-7-17-12/h3-7,10H,8H2,1-2H3,(H,14,15)/t10-/m0/s1. The smallest absolute Gasteiger partial charge is 0.261 e. The molecule has 2 rings (SSSR count). The molecule has 1 N–H and O–H groups in total. The summed E-state index contributed by atoms with van der Waals surface area (Å²) in [7, 11) is 1.66. The number of carbonyl (C=O) groups is 1. The van der Waals surface area contributed by atoms with Gasteiger partial charge < -0.3 is 10.1 Å². The molecule has 1 amide bonds. The summed E-state index contributed by atoms with van der Waals surface area (Å²) in [4.78, 5) is 14.9. The van der Waals surface area contributed by atoms with Crippen LogP contribution in [0.4, 0.5) is 0 Å². The third kappa shape index (κ3) is 3.19. The van der Waals surface area contributed by atoms with Crippen molar-refractivity contribution in [3.63, 3.8) is 0 Å². The molecule has 0 fully saturated rings. The van der Waals surface area contributed by atoms with Gasteiger partial charge in [-0.15, -0.1) is 22.7 Å². The molecule has 0 saturated carbocycles. The number of carbonyl (C=O) groups excluding carboxylic acids is 1. The average molecular weight is 281 g/mol. The minimum absolute atomic E-state index is 0.0414. The second-order valence-electron chi connectivity index (χ2n) is 3.86. The van der Waals surface area contributed by atoms with E-state index in [-0.39, 0.29) is 12.0 Å². The molecule has 0 bridgehead atoms. The highest BCUT2D eigenvalue weighted by Gasteiger charge is 2.14. The summed E-state index contributed by atoms with van der Waals surface area (Å²) >= 11 is 3.14. The van der Waals surface area contributed by atoms with Gasteiger partial charge in [-0.05, 0) is 30.5 Å². The number of ether oxygens (including phenoxy) is 1. The molecule has 5 heteroatoms. The van der Waals surface area contributed by atoms with Gasteiger partial charge in [0.2, 0.25) is 0 Å². The topological polar surface area (TPSA) is 38.3 Å². The highest BCUT2D eigenvalue weighted by Crippen LogP contribution is 2.24. The molecule has 0 aliphatic heterocycles. The number of hydrogen-bond acceptors (Lipinski definition) is 4. The molecule has 0 aliphatic rings. The van der Waals surface area contributed by atoms with Gasteiger partial charge in [0.05, 0.1) is 4.88 Å². The number of thiophene rings is 2. The summed E-state index contributed by atoms with van der Waals surface area (Å²) in [5.74, 6) is -0.0414. The van der Waals surface area contributed by atoms with Crippen molar-refractivity contribution in [2.24, 2.45) is 0 Å². The second kappa shape index (κ2) is 6.13. The predicted molar refractivity (Wildman–Crippen MR) is 75.5 cm³/mol. The van der Waals surface area contributed by atoms with Crippen LogP contribution in [0, 0.1) is 6.92 Å². The largest absolute Gasteiger partial charge is 0.374 e. The fourth-order valence-corrected chi connectivity index (χ4v) is 3.20. The Morgan fingerprint density at radius 1 is 1.44 bits per heavy atom. The van der Waals surface area contributed by atoms with E-state index in [0.717, 1.165) is 9.75 Å². The first-order chi connectivity index (χ1) is 8.70.